The Morgan fingerprint density at radius 3 is 2.60 bits per heavy atom. The summed E-state index contributed by atoms with van der Waals surface area (Å²) in [6.07, 6.45) is 0. The lowest BCUT2D eigenvalue weighted by atomic mass is 9.97. The number of ether oxygens (including phenoxy) is 2. The summed E-state index contributed by atoms with van der Waals surface area (Å²) >= 11 is 0. The van der Waals surface area contributed by atoms with Gasteiger partial charge in [-0.1, -0.05) is 0 Å². The number of Topliss-reactive ketones (excluding diaryl/α,β-unsaturated/α-hetero) is 1. The molecule has 15 heavy (non-hydrogen) atoms. The Hall–Kier alpha value is -1.65. The zero-order valence-electron chi connectivity index (χ0n) is 8.92. The third-order valence-corrected chi connectivity index (χ3v) is 2.09. The van der Waals surface area contributed by atoms with Gasteiger partial charge in [-0.15, -0.1) is 0 Å². The number of hydrogen-bond acceptors (Lipinski definition) is 5. The number of carbonyl (C=O) groups is 2. The average molecular weight is 211 g/mol. The van der Waals surface area contributed by atoms with Gasteiger partial charge in [-0.25, -0.2) is 0 Å². The third-order valence-electron chi connectivity index (χ3n) is 2.09. The van der Waals surface area contributed by atoms with Gasteiger partial charge in [0.2, 0.25) is 5.90 Å². The van der Waals surface area contributed by atoms with E-state index >= 15 is 0 Å². The molecule has 5 heteroatoms. The van der Waals surface area contributed by atoms with Crippen LogP contribution >= 0.6 is 0 Å². The molecule has 0 saturated heterocycles. The number of rotatable bonds is 3. The second kappa shape index (κ2) is 4.25. The number of carbonyl (C=O) groups excluding carboxylic acids is 2. The van der Waals surface area contributed by atoms with Crippen LogP contribution in [0.5, 0.6) is 0 Å². The summed E-state index contributed by atoms with van der Waals surface area (Å²) in [4.78, 5) is 22.8. The zero-order chi connectivity index (χ0) is 11.6. The van der Waals surface area contributed by atoms with Crippen molar-refractivity contribution in [1.82, 2.24) is 0 Å². The fourth-order valence-corrected chi connectivity index (χ4v) is 1.51. The molecular formula is C10H13NO4. The maximum absolute atomic E-state index is 11.5. The van der Waals surface area contributed by atoms with E-state index in [1.165, 1.54) is 6.92 Å². The summed E-state index contributed by atoms with van der Waals surface area (Å²) < 4.78 is 9.74. The molecule has 82 valence electrons. The lowest BCUT2D eigenvalue weighted by Crippen LogP contribution is -2.26. The van der Waals surface area contributed by atoms with Gasteiger partial charge in [-0.3, -0.25) is 15.0 Å². The molecule has 5 nitrogen and oxygen atoms in total. The van der Waals surface area contributed by atoms with Crippen LogP contribution in [-0.4, -0.2) is 24.3 Å². The molecule has 0 saturated carbocycles. The van der Waals surface area contributed by atoms with Crippen molar-refractivity contribution in [2.45, 2.75) is 20.8 Å². The molecule has 0 aromatic carbocycles. The van der Waals surface area contributed by atoms with Crippen LogP contribution in [0.3, 0.4) is 0 Å². The predicted molar refractivity (Wildman–Crippen MR) is 52.3 cm³/mol. The van der Waals surface area contributed by atoms with Crippen LogP contribution < -0.4 is 0 Å². The molecule has 1 aliphatic heterocycles. The van der Waals surface area contributed by atoms with E-state index in [4.69, 9.17) is 14.9 Å². The van der Waals surface area contributed by atoms with Crippen molar-refractivity contribution in [3.05, 3.63) is 11.3 Å². The quantitative estimate of drug-likeness (QED) is 0.707. The van der Waals surface area contributed by atoms with Crippen LogP contribution in [0.4, 0.5) is 0 Å². The van der Waals surface area contributed by atoms with Crippen molar-refractivity contribution in [2.75, 3.05) is 6.61 Å². The molecule has 1 aliphatic rings. The first kappa shape index (κ1) is 11.4. The van der Waals surface area contributed by atoms with E-state index in [9.17, 15) is 9.59 Å². The molecular weight excluding hydrogens is 198 g/mol. The van der Waals surface area contributed by atoms with Crippen molar-refractivity contribution < 1.29 is 19.1 Å². The Morgan fingerprint density at radius 2 is 2.13 bits per heavy atom. The molecule has 0 aromatic rings. The van der Waals surface area contributed by atoms with Crippen LogP contribution in [0.1, 0.15) is 20.8 Å². The molecule has 0 aromatic heterocycles. The minimum Gasteiger partial charge on any atom is -0.465 e. The summed E-state index contributed by atoms with van der Waals surface area (Å²) in [7, 11) is 0. The highest BCUT2D eigenvalue weighted by atomic mass is 16.5. The van der Waals surface area contributed by atoms with E-state index in [0.717, 1.165) is 0 Å². The van der Waals surface area contributed by atoms with Crippen molar-refractivity contribution in [2.24, 2.45) is 5.92 Å². The van der Waals surface area contributed by atoms with E-state index in [1.54, 1.807) is 13.8 Å². The van der Waals surface area contributed by atoms with Gasteiger partial charge in [0.05, 0.1) is 12.2 Å². The van der Waals surface area contributed by atoms with Crippen LogP contribution in [0.15, 0.2) is 11.3 Å². The fourth-order valence-electron chi connectivity index (χ4n) is 1.51. The molecule has 0 bridgehead atoms. The highest BCUT2D eigenvalue weighted by Crippen LogP contribution is 2.28. The first-order valence-electron chi connectivity index (χ1n) is 4.63. The van der Waals surface area contributed by atoms with E-state index in [2.05, 4.69) is 0 Å². The molecule has 1 N–H and O–H groups in total. The molecule has 1 rings (SSSR count). The minimum atomic E-state index is -0.984. The molecule has 1 unspecified atom stereocenters. The Kier molecular flexibility index (Phi) is 3.24. The molecule has 1 atom stereocenters. The largest absolute Gasteiger partial charge is 0.465 e. The maximum Gasteiger partial charge on any atom is 0.323 e. The van der Waals surface area contributed by atoms with Gasteiger partial charge in [-0.2, -0.15) is 0 Å². The second-order valence-electron chi connectivity index (χ2n) is 3.18. The van der Waals surface area contributed by atoms with E-state index in [1.807, 2.05) is 0 Å². The Labute approximate surface area is 87.6 Å². The number of ketones is 1. The Bertz CT molecular complexity index is 356. The van der Waals surface area contributed by atoms with Crippen molar-refractivity contribution >= 4 is 17.7 Å². The van der Waals surface area contributed by atoms with Crippen LogP contribution in [0.25, 0.3) is 0 Å². The predicted octanol–water partition coefficient (Wildman–Crippen LogP) is 1.04. The summed E-state index contributed by atoms with van der Waals surface area (Å²) in [5.41, 5.74) is 0.221. The Balaban J connectivity index is 3.00. The van der Waals surface area contributed by atoms with Crippen molar-refractivity contribution in [1.29, 1.82) is 5.41 Å². The molecule has 0 spiro atoms. The van der Waals surface area contributed by atoms with E-state index < -0.39 is 11.9 Å². The highest BCUT2D eigenvalue weighted by molar-refractivity contribution is 6.12. The van der Waals surface area contributed by atoms with Gasteiger partial charge in [-0.05, 0) is 20.8 Å². The highest BCUT2D eigenvalue weighted by Gasteiger charge is 2.40. The minimum absolute atomic E-state index is 0.215. The van der Waals surface area contributed by atoms with Gasteiger partial charge >= 0.3 is 5.97 Å². The van der Waals surface area contributed by atoms with Crippen molar-refractivity contribution in [3.63, 3.8) is 0 Å². The molecule has 0 aliphatic carbocycles. The van der Waals surface area contributed by atoms with Gasteiger partial charge in [0.1, 0.15) is 5.76 Å². The SMILES string of the molecule is CCOC(=O)C1C(=N)OC(C)=C1C(C)=O. The van der Waals surface area contributed by atoms with E-state index in [-0.39, 0.29) is 23.9 Å². The monoisotopic (exact) mass is 211 g/mol. The fraction of sp³-hybridized carbons (Fsp3) is 0.500. The Morgan fingerprint density at radius 1 is 1.53 bits per heavy atom. The molecule has 0 amide bonds. The van der Waals surface area contributed by atoms with Crippen LogP contribution in [0.2, 0.25) is 0 Å². The normalized spacial score (nSPS) is 20.2. The number of esters is 1. The van der Waals surface area contributed by atoms with Crippen LogP contribution in [-0.2, 0) is 19.1 Å². The lowest BCUT2D eigenvalue weighted by Gasteiger charge is -2.09. The standard InChI is InChI=1S/C10H13NO4/c1-4-14-10(13)8-7(5(2)12)6(3)15-9(8)11/h8,11H,4H2,1-3H3. The number of hydrogen-bond donors (Lipinski definition) is 1. The number of allylic oxidation sites excluding steroid dienone is 1. The topological polar surface area (TPSA) is 76.5 Å². The van der Waals surface area contributed by atoms with Gasteiger partial charge in [0.25, 0.3) is 0 Å². The van der Waals surface area contributed by atoms with Gasteiger partial charge in [0.15, 0.2) is 11.7 Å². The summed E-state index contributed by atoms with van der Waals surface area (Å²) in [5.74, 6) is -1.79. The summed E-state index contributed by atoms with van der Waals surface area (Å²) in [6, 6.07) is 0. The van der Waals surface area contributed by atoms with Crippen LogP contribution in [0, 0.1) is 11.3 Å². The van der Waals surface area contributed by atoms with Gasteiger partial charge in [0, 0.05) is 0 Å². The van der Waals surface area contributed by atoms with Crippen molar-refractivity contribution in [3.8, 4) is 0 Å². The molecule has 0 radical (unpaired) electrons. The first-order valence-corrected chi connectivity index (χ1v) is 4.63. The number of nitrogens with one attached hydrogen (secondary N) is 1. The molecule has 1 heterocycles. The maximum atomic E-state index is 11.5. The summed E-state index contributed by atoms with van der Waals surface area (Å²) in [5, 5.41) is 7.45. The smallest absolute Gasteiger partial charge is 0.323 e. The lowest BCUT2D eigenvalue weighted by molar-refractivity contribution is -0.145. The van der Waals surface area contributed by atoms with E-state index in [0.29, 0.717) is 5.76 Å². The van der Waals surface area contributed by atoms with Gasteiger partial charge < -0.3 is 9.47 Å². The third kappa shape index (κ3) is 2.06. The molecule has 0 fully saturated rings. The average Bonchev–Trinajstić information content (AvgIpc) is 2.41. The first-order chi connectivity index (χ1) is 6.99. The summed E-state index contributed by atoms with van der Waals surface area (Å²) in [6.45, 7) is 4.78. The second-order valence-corrected chi connectivity index (χ2v) is 3.18. The zero-order valence-corrected chi connectivity index (χ0v) is 8.92.